The van der Waals surface area contributed by atoms with Crippen molar-refractivity contribution in [1.29, 1.82) is 0 Å². The molecule has 2 aromatic heterocycles. The van der Waals surface area contributed by atoms with Gasteiger partial charge in [-0.05, 0) is 42.3 Å². The first kappa shape index (κ1) is 14.8. The Bertz CT molecular complexity index is 807. The number of nitrogens with one attached hydrogen (secondary N) is 1. The van der Waals surface area contributed by atoms with E-state index in [1.165, 1.54) is 4.80 Å². The Labute approximate surface area is 133 Å². The molecule has 7 nitrogen and oxygen atoms in total. The van der Waals surface area contributed by atoms with Crippen LogP contribution in [0.15, 0.2) is 42.7 Å². The van der Waals surface area contributed by atoms with Gasteiger partial charge in [0, 0.05) is 23.6 Å². The van der Waals surface area contributed by atoms with Gasteiger partial charge in [-0.15, -0.1) is 10.2 Å². The molecular formula is C16H16N6O. The number of carbonyl (C=O) groups excluding carboxylic acids is 1. The minimum Gasteiger partial charge on any atom is -0.324 e. The zero-order chi connectivity index (χ0) is 16.2. The maximum atomic E-state index is 12.2. The van der Waals surface area contributed by atoms with Gasteiger partial charge in [-0.2, -0.15) is 4.80 Å². The van der Waals surface area contributed by atoms with E-state index in [2.05, 4.69) is 25.7 Å². The van der Waals surface area contributed by atoms with Gasteiger partial charge in [0.15, 0.2) is 0 Å². The number of hydrogen-bond acceptors (Lipinski definition) is 5. The molecule has 1 N–H and O–H groups in total. The summed E-state index contributed by atoms with van der Waals surface area (Å²) in [4.78, 5) is 17.4. The van der Waals surface area contributed by atoms with Crippen molar-refractivity contribution in [1.82, 2.24) is 25.2 Å². The van der Waals surface area contributed by atoms with Gasteiger partial charge >= 0.3 is 0 Å². The zero-order valence-corrected chi connectivity index (χ0v) is 12.9. The number of aryl methyl sites for hydroxylation is 2. The molecule has 0 atom stereocenters. The molecule has 2 heterocycles. The highest BCUT2D eigenvalue weighted by atomic mass is 16.2. The molecule has 0 aliphatic heterocycles. The molecule has 0 aliphatic rings. The van der Waals surface area contributed by atoms with Gasteiger partial charge < -0.3 is 5.32 Å². The number of hydrogen-bond donors (Lipinski definition) is 1. The third-order valence-electron chi connectivity index (χ3n) is 3.42. The molecule has 116 valence electrons. The van der Waals surface area contributed by atoms with Crippen LogP contribution in [0.25, 0.3) is 11.4 Å². The van der Waals surface area contributed by atoms with E-state index in [0.717, 1.165) is 22.4 Å². The lowest BCUT2D eigenvalue weighted by atomic mass is 10.1. The fourth-order valence-electron chi connectivity index (χ4n) is 2.25. The fourth-order valence-corrected chi connectivity index (χ4v) is 2.25. The van der Waals surface area contributed by atoms with E-state index in [1.54, 1.807) is 24.5 Å². The Kier molecular flexibility index (Phi) is 4.09. The predicted molar refractivity (Wildman–Crippen MR) is 85.6 cm³/mol. The van der Waals surface area contributed by atoms with Crippen LogP contribution in [0.3, 0.4) is 0 Å². The normalized spacial score (nSPS) is 10.5. The highest BCUT2D eigenvalue weighted by Crippen LogP contribution is 2.19. The second-order valence-corrected chi connectivity index (χ2v) is 5.19. The lowest BCUT2D eigenvalue weighted by molar-refractivity contribution is -0.117. The van der Waals surface area contributed by atoms with E-state index < -0.39 is 0 Å². The molecule has 0 unspecified atom stereocenters. The van der Waals surface area contributed by atoms with E-state index in [9.17, 15) is 4.79 Å². The third-order valence-corrected chi connectivity index (χ3v) is 3.42. The second-order valence-electron chi connectivity index (χ2n) is 5.19. The van der Waals surface area contributed by atoms with Crippen LogP contribution >= 0.6 is 0 Å². The van der Waals surface area contributed by atoms with Crippen LogP contribution in [-0.4, -0.2) is 31.1 Å². The van der Waals surface area contributed by atoms with E-state index in [1.807, 2.05) is 32.0 Å². The van der Waals surface area contributed by atoms with Crippen LogP contribution in [0.5, 0.6) is 0 Å². The lowest BCUT2D eigenvalue weighted by Gasteiger charge is -2.10. The van der Waals surface area contributed by atoms with Gasteiger partial charge in [-0.25, -0.2) is 0 Å². The minimum atomic E-state index is -0.193. The Morgan fingerprint density at radius 2 is 1.83 bits per heavy atom. The molecule has 0 fully saturated rings. The van der Waals surface area contributed by atoms with Crippen molar-refractivity contribution < 1.29 is 4.79 Å². The summed E-state index contributed by atoms with van der Waals surface area (Å²) in [5.41, 5.74) is 3.66. The largest absolute Gasteiger partial charge is 0.324 e. The first-order valence-electron chi connectivity index (χ1n) is 7.18. The molecular weight excluding hydrogens is 292 g/mol. The van der Waals surface area contributed by atoms with Crippen molar-refractivity contribution in [3.8, 4) is 11.4 Å². The van der Waals surface area contributed by atoms with Gasteiger partial charge in [0.25, 0.3) is 0 Å². The number of aromatic nitrogens is 5. The van der Waals surface area contributed by atoms with Gasteiger partial charge in [0.2, 0.25) is 11.7 Å². The fraction of sp³-hybridized carbons (Fsp3) is 0.188. The number of nitrogens with zero attached hydrogens (tertiary/aromatic N) is 5. The van der Waals surface area contributed by atoms with Crippen LogP contribution in [0, 0.1) is 13.8 Å². The van der Waals surface area contributed by atoms with Crippen molar-refractivity contribution in [3.63, 3.8) is 0 Å². The van der Waals surface area contributed by atoms with Crippen molar-refractivity contribution in [2.45, 2.75) is 20.4 Å². The minimum absolute atomic E-state index is 0.00581. The van der Waals surface area contributed by atoms with Crippen LogP contribution in [0.1, 0.15) is 11.1 Å². The van der Waals surface area contributed by atoms with E-state index in [4.69, 9.17) is 0 Å². The molecule has 3 rings (SSSR count). The molecule has 0 saturated carbocycles. The number of para-hydroxylation sites is 1. The van der Waals surface area contributed by atoms with Crippen molar-refractivity contribution in [2.75, 3.05) is 5.32 Å². The number of rotatable bonds is 4. The Balaban J connectivity index is 1.70. The van der Waals surface area contributed by atoms with Crippen LogP contribution in [0.4, 0.5) is 5.69 Å². The van der Waals surface area contributed by atoms with Crippen molar-refractivity contribution in [2.24, 2.45) is 0 Å². The molecule has 0 radical (unpaired) electrons. The third kappa shape index (κ3) is 3.39. The Hall–Kier alpha value is -3.09. The Morgan fingerprint density at radius 1 is 1.13 bits per heavy atom. The lowest BCUT2D eigenvalue weighted by Crippen LogP contribution is -2.21. The zero-order valence-electron chi connectivity index (χ0n) is 12.9. The average Bonchev–Trinajstić information content (AvgIpc) is 3.00. The summed E-state index contributed by atoms with van der Waals surface area (Å²) >= 11 is 0. The number of tetrazole rings is 1. The summed E-state index contributed by atoms with van der Waals surface area (Å²) in [6.45, 7) is 3.92. The first-order valence-corrected chi connectivity index (χ1v) is 7.18. The number of benzene rings is 1. The highest BCUT2D eigenvalue weighted by Gasteiger charge is 2.11. The summed E-state index contributed by atoms with van der Waals surface area (Å²) in [6.07, 6.45) is 3.31. The van der Waals surface area contributed by atoms with Crippen LogP contribution in [-0.2, 0) is 11.3 Å². The predicted octanol–water partition coefficient (Wildman–Crippen LogP) is 1.99. The number of pyridine rings is 1. The maximum Gasteiger partial charge on any atom is 0.248 e. The smallest absolute Gasteiger partial charge is 0.248 e. The molecule has 0 spiro atoms. The summed E-state index contributed by atoms with van der Waals surface area (Å²) in [5, 5.41) is 15.0. The topological polar surface area (TPSA) is 85.6 Å². The van der Waals surface area contributed by atoms with E-state index in [-0.39, 0.29) is 12.5 Å². The molecule has 1 amide bonds. The highest BCUT2D eigenvalue weighted by molar-refractivity contribution is 5.92. The molecule has 3 aromatic rings. The first-order chi connectivity index (χ1) is 11.1. The van der Waals surface area contributed by atoms with Crippen LogP contribution in [0.2, 0.25) is 0 Å². The molecule has 23 heavy (non-hydrogen) atoms. The molecule has 1 aromatic carbocycles. The number of carbonyl (C=O) groups is 1. The van der Waals surface area contributed by atoms with Gasteiger partial charge in [-0.3, -0.25) is 9.78 Å². The van der Waals surface area contributed by atoms with Gasteiger partial charge in [0.1, 0.15) is 6.54 Å². The molecule has 0 bridgehead atoms. The van der Waals surface area contributed by atoms with Crippen LogP contribution < -0.4 is 5.32 Å². The maximum absolute atomic E-state index is 12.2. The number of anilines is 1. The van der Waals surface area contributed by atoms with Crippen molar-refractivity contribution in [3.05, 3.63) is 53.9 Å². The van der Waals surface area contributed by atoms with Gasteiger partial charge in [0.05, 0.1) is 0 Å². The van der Waals surface area contributed by atoms with Gasteiger partial charge in [-0.1, -0.05) is 18.2 Å². The quantitative estimate of drug-likeness (QED) is 0.796. The summed E-state index contributed by atoms with van der Waals surface area (Å²) in [7, 11) is 0. The standard InChI is InChI=1S/C16H16N6O/c1-11-4-3-5-12(2)15(11)18-14(23)10-22-20-16(19-21-22)13-6-8-17-9-7-13/h3-9H,10H2,1-2H3,(H,18,23). The Morgan fingerprint density at radius 3 is 2.52 bits per heavy atom. The second kappa shape index (κ2) is 6.35. The van der Waals surface area contributed by atoms with E-state index in [0.29, 0.717) is 5.82 Å². The van der Waals surface area contributed by atoms with E-state index >= 15 is 0 Å². The van der Waals surface area contributed by atoms with Crippen molar-refractivity contribution >= 4 is 11.6 Å². The summed E-state index contributed by atoms with van der Waals surface area (Å²) in [6, 6.07) is 9.45. The molecule has 7 heteroatoms. The average molecular weight is 308 g/mol. The summed E-state index contributed by atoms with van der Waals surface area (Å²) in [5.74, 6) is 0.272. The molecule has 0 aliphatic carbocycles. The number of amides is 1. The SMILES string of the molecule is Cc1cccc(C)c1NC(=O)Cn1nnc(-c2ccncc2)n1. The summed E-state index contributed by atoms with van der Waals surface area (Å²) < 4.78 is 0. The molecule has 0 saturated heterocycles. The monoisotopic (exact) mass is 308 g/mol.